The summed E-state index contributed by atoms with van der Waals surface area (Å²) < 4.78 is 3.98. The van der Waals surface area contributed by atoms with E-state index in [1.807, 2.05) is 22.6 Å². The average molecular weight is 326 g/mol. The van der Waals surface area contributed by atoms with Crippen LogP contribution in [0.25, 0.3) is 0 Å². The van der Waals surface area contributed by atoms with Gasteiger partial charge < -0.3 is 5.32 Å². The van der Waals surface area contributed by atoms with Gasteiger partial charge in [-0.2, -0.15) is 10.2 Å². The number of aryl methyl sites for hydroxylation is 1. The van der Waals surface area contributed by atoms with Gasteiger partial charge in [0.15, 0.2) is 0 Å². The van der Waals surface area contributed by atoms with Gasteiger partial charge in [0.25, 0.3) is 0 Å². The Morgan fingerprint density at radius 2 is 1.91 bits per heavy atom. The summed E-state index contributed by atoms with van der Waals surface area (Å²) in [6.07, 6.45) is 4.06. The molecule has 0 bridgehead atoms. The van der Waals surface area contributed by atoms with Crippen molar-refractivity contribution in [3.05, 3.63) is 35.4 Å². The lowest BCUT2D eigenvalue weighted by atomic mass is 10.1. The second-order valence-electron chi connectivity index (χ2n) is 6.41. The summed E-state index contributed by atoms with van der Waals surface area (Å²) in [6, 6.07) is 2.18. The summed E-state index contributed by atoms with van der Waals surface area (Å²) in [4.78, 5) is 0. The lowest BCUT2D eigenvalue weighted by Crippen LogP contribution is -2.15. The molecule has 22 heavy (non-hydrogen) atoms. The highest BCUT2D eigenvalue weighted by molar-refractivity contribution is 5.85. The Hall–Kier alpha value is -1.33. The van der Waals surface area contributed by atoms with Crippen LogP contribution >= 0.6 is 12.4 Å². The molecule has 0 amide bonds. The predicted octanol–water partition coefficient (Wildman–Crippen LogP) is 3.11. The van der Waals surface area contributed by atoms with E-state index < -0.39 is 0 Å². The second kappa shape index (κ2) is 8.34. The van der Waals surface area contributed by atoms with E-state index >= 15 is 0 Å². The monoisotopic (exact) mass is 325 g/mol. The van der Waals surface area contributed by atoms with Gasteiger partial charge in [-0.25, -0.2) is 0 Å². The predicted molar refractivity (Wildman–Crippen MR) is 92.2 cm³/mol. The van der Waals surface area contributed by atoms with Crippen LogP contribution in [0.4, 0.5) is 0 Å². The molecule has 2 aromatic heterocycles. The van der Waals surface area contributed by atoms with E-state index in [4.69, 9.17) is 0 Å². The molecule has 2 heterocycles. The van der Waals surface area contributed by atoms with Crippen LogP contribution in [0, 0.1) is 5.92 Å². The Kier molecular flexibility index (Phi) is 7.10. The Bertz CT molecular complexity index is 571. The van der Waals surface area contributed by atoms with Crippen LogP contribution < -0.4 is 5.32 Å². The highest BCUT2D eigenvalue weighted by atomic mass is 35.5. The minimum atomic E-state index is 0. The SMILES string of the molecule is CC(C)Cn1cc(CNCc2cc(C(C)C)nn2C)cn1.Cl. The lowest BCUT2D eigenvalue weighted by Gasteiger charge is -2.04. The first kappa shape index (κ1) is 18.7. The van der Waals surface area contributed by atoms with E-state index in [0.29, 0.717) is 11.8 Å². The van der Waals surface area contributed by atoms with E-state index in [9.17, 15) is 0 Å². The maximum atomic E-state index is 4.53. The van der Waals surface area contributed by atoms with Gasteiger partial charge in [0.05, 0.1) is 17.6 Å². The molecule has 0 aliphatic rings. The van der Waals surface area contributed by atoms with E-state index in [0.717, 1.165) is 25.3 Å². The van der Waals surface area contributed by atoms with E-state index in [2.05, 4.69) is 55.5 Å². The fourth-order valence-corrected chi connectivity index (χ4v) is 2.28. The number of rotatable bonds is 7. The van der Waals surface area contributed by atoms with Crippen LogP contribution in [-0.4, -0.2) is 19.6 Å². The molecule has 0 saturated heterocycles. The summed E-state index contributed by atoms with van der Waals surface area (Å²) in [6.45, 7) is 11.4. The number of nitrogens with one attached hydrogen (secondary N) is 1. The molecule has 2 aromatic rings. The van der Waals surface area contributed by atoms with Crippen LogP contribution in [-0.2, 0) is 26.7 Å². The van der Waals surface area contributed by atoms with Crippen molar-refractivity contribution in [2.24, 2.45) is 13.0 Å². The first-order valence-corrected chi connectivity index (χ1v) is 7.70. The van der Waals surface area contributed by atoms with Crippen LogP contribution in [0.1, 0.15) is 50.6 Å². The highest BCUT2D eigenvalue weighted by Crippen LogP contribution is 2.13. The molecule has 0 radical (unpaired) electrons. The van der Waals surface area contributed by atoms with E-state index in [1.165, 1.54) is 11.3 Å². The minimum Gasteiger partial charge on any atom is -0.307 e. The Morgan fingerprint density at radius 3 is 2.50 bits per heavy atom. The summed E-state index contributed by atoms with van der Waals surface area (Å²) >= 11 is 0. The van der Waals surface area contributed by atoms with Gasteiger partial charge in [0.2, 0.25) is 0 Å². The lowest BCUT2D eigenvalue weighted by molar-refractivity contribution is 0.482. The minimum absolute atomic E-state index is 0. The van der Waals surface area contributed by atoms with Gasteiger partial charge in [-0.05, 0) is 17.9 Å². The number of aromatic nitrogens is 4. The fourth-order valence-electron chi connectivity index (χ4n) is 2.28. The molecule has 0 spiro atoms. The molecule has 0 atom stereocenters. The molecule has 124 valence electrons. The zero-order valence-electron chi connectivity index (χ0n) is 14.2. The fraction of sp³-hybridized carbons (Fsp3) is 0.625. The molecular weight excluding hydrogens is 298 g/mol. The molecule has 5 nitrogen and oxygen atoms in total. The summed E-state index contributed by atoms with van der Waals surface area (Å²) in [7, 11) is 2.00. The van der Waals surface area contributed by atoms with Crippen molar-refractivity contribution in [3.63, 3.8) is 0 Å². The number of halogens is 1. The van der Waals surface area contributed by atoms with Gasteiger partial charge in [0.1, 0.15) is 0 Å². The Labute approximate surface area is 139 Å². The van der Waals surface area contributed by atoms with Crippen molar-refractivity contribution in [1.29, 1.82) is 0 Å². The molecule has 0 unspecified atom stereocenters. The van der Waals surface area contributed by atoms with Crippen LogP contribution in [0.3, 0.4) is 0 Å². The van der Waals surface area contributed by atoms with Crippen molar-refractivity contribution in [2.75, 3.05) is 0 Å². The van der Waals surface area contributed by atoms with Gasteiger partial charge in [-0.15, -0.1) is 12.4 Å². The zero-order valence-corrected chi connectivity index (χ0v) is 15.0. The van der Waals surface area contributed by atoms with E-state index in [1.54, 1.807) is 0 Å². The summed E-state index contributed by atoms with van der Waals surface area (Å²) in [5.74, 6) is 1.09. The standard InChI is InChI=1S/C16H27N5.ClH/c1-12(2)10-21-11-14(8-18-21)7-17-9-15-6-16(13(3)4)19-20(15)5;/h6,8,11-13,17H,7,9-10H2,1-5H3;1H. The number of nitrogens with zero attached hydrogens (tertiary/aromatic N) is 4. The first-order chi connectivity index (χ1) is 9.95. The zero-order chi connectivity index (χ0) is 15.4. The quantitative estimate of drug-likeness (QED) is 0.851. The average Bonchev–Trinajstić information content (AvgIpc) is 2.97. The molecule has 0 aliphatic heterocycles. The van der Waals surface area contributed by atoms with Gasteiger partial charge in [-0.1, -0.05) is 27.7 Å². The molecule has 6 heteroatoms. The van der Waals surface area contributed by atoms with Crippen LogP contribution in [0.15, 0.2) is 18.5 Å². The van der Waals surface area contributed by atoms with Crippen LogP contribution in [0.2, 0.25) is 0 Å². The largest absolute Gasteiger partial charge is 0.307 e. The number of hydrogen-bond acceptors (Lipinski definition) is 3. The van der Waals surface area contributed by atoms with Crippen molar-refractivity contribution in [2.45, 2.75) is 53.2 Å². The van der Waals surface area contributed by atoms with Crippen molar-refractivity contribution < 1.29 is 0 Å². The van der Waals surface area contributed by atoms with Gasteiger partial charge in [0, 0.05) is 38.4 Å². The van der Waals surface area contributed by atoms with Crippen molar-refractivity contribution >= 4 is 12.4 Å². The smallest absolute Gasteiger partial charge is 0.0653 e. The third kappa shape index (κ3) is 5.14. The van der Waals surface area contributed by atoms with Crippen LogP contribution in [0.5, 0.6) is 0 Å². The molecule has 0 fully saturated rings. The topological polar surface area (TPSA) is 47.7 Å². The van der Waals surface area contributed by atoms with E-state index in [-0.39, 0.29) is 12.4 Å². The first-order valence-electron chi connectivity index (χ1n) is 7.70. The second-order valence-corrected chi connectivity index (χ2v) is 6.41. The maximum absolute atomic E-state index is 4.53. The normalized spacial score (nSPS) is 11.2. The summed E-state index contributed by atoms with van der Waals surface area (Å²) in [5.41, 5.74) is 3.59. The molecule has 0 aliphatic carbocycles. The number of hydrogen-bond donors (Lipinski definition) is 1. The van der Waals surface area contributed by atoms with Gasteiger partial charge in [-0.3, -0.25) is 9.36 Å². The van der Waals surface area contributed by atoms with Crippen molar-refractivity contribution in [3.8, 4) is 0 Å². The Morgan fingerprint density at radius 1 is 1.18 bits per heavy atom. The highest BCUT2D eigenvalue weighted by Gasteiger charge is 2.08. The third-order valence-corrected chi connectivity index (χ3v) is 3.46. The maximum Gasteiger partial charge on any atom is 0.0653 e. The molecule has 1 N–H and O–H groups in total. The van der Waals surface area contributed by atoms with Crippen molar-refractivity contribution in [1.82, 2.24) is 24.9 Å². The third-order valence-electron chi connectivity index (χ3n) is 3.46. The Balaban J connectivity index is 0.00000242. The molecular formula is C16H28ClN5. The molecule has 0 aromatic carbocycles. The van der Waals surface area contributed by atoms with Gasteiger partial charge >= 0.3 is 0 Å². The summed E-state index contributed by atoms with van der Waals surface area (Å²) in [5, 5.41) is 12.4. The molecule has 0 saturated carbocycles. The molecule has 2 rings (SSSR count).